The van der Waals surface area contributed by atoms with Crippen LogP contribution >= 0.6 is 0 Å². The fraction of sp³-hybridized carbons (Fsp3) is 0.609. The highest BCUT2D eigenvalue weighted by Gasteiger charge is 2.53. The monoisotopic (exact) mass is 835 g/mol. The Morgan fingerprint density at radius 1 is 0.917 bits per heavy atom. The van der Waals surface area contributed by atoms with Crippen molar-refractivity contribution in [2.24, 2.45) is 29.6 Å². The molecule has 60 heavy (non-hydrogen) atoms. The molecular formula is C46H65N3O11. The number of carbonyl (C=O) groups excluding carboxylic acids is 2. The highest BCUT2D eigenvalue weighted by atomic mass is 16.7. The minimum Gasteiger partial charge on any atom is -0.507 e. The van der Waals surface area contributed by atoms with Gasteiger partial charge in [0.1, 0.15) is 28.6 Å². The summed E-state index contributed by atoms with van der Waals surface area (Å²) in [5.41, 5.74) is -0.311. The van der Waals surface area contributed by atoms with E-state index in [9.17, 15) is 30.0 Å². The van der Waals surface area contributed by atoms with Gasteiger partial charge in [-0.1, -0.05) is 59.8 Å². The van der Waals surface area contributed by atoms with Gasteiger partial charge in [0.2, 0.25) is 0 Å². The molecule has 14 nitrogen and oxygen atoms in total. The topological polar surface area (TPSA) is 180 Å². The van der Waals surface area contributed by atoms with Gasteiger partial charge in [0.05, 0.1) is 47.2 Å². The van der Waals surface area contributed by atoms with E-state index in [1.807, 2.05) is 38.7 Å². The Hall–Kier alpha value is -4.34. The van der Waals surface area contributed by atoms with Crippen LogP contribution in [0.5, 0.6) is 23.0 Å². The lowest BCUT2D eigenvalue weighted by atomic mass is 9.70. The number of benzene rings is 2. The number of Topliss-reactive ketones (excluding diaryl/α,β-unsaturated/α-hetero) is 1. The van der Waals surface area contributed by atoms with Gasteiger partial charge in [0, 0.05) is 94.1 Å². The van der Waals surface area contributed by atoms with Crippen LogP contribution in [0.2, 0.25) is 0 Å². The number of methoxy groups -OCH3 is 2. The number of ether oxygens (including phenoxy) is 5. The second-order valence-corrected chi connectivity index (χ2v) is 18.0. The number of hydrogen-bond acceptors (Lipinski definition) is 13. The number of aliphatic hydroxyl groups is 1. The van der Waals surface area contributed by atoms with Gasteiger partial charge in [-0.2, -0.15) is 0 Å². The number of anilines is 2. The summed E-state index contributed by atoms with van der Waals surface area (Å²) < 4.78 is 30.6. The number of aliphatic hydroxyl groups excluding tert-OH is 1. The molecule has 1 amide bonds. The fourth-order valence-electron chi connectivity index (χ4n) is 9.63. The molecule has 7 bridgehead atoms. The second kappa shape index (κ2) is 17.2. The molecule has 7 heterocycles. The number of piperazine rings is 1. The van der Waals surface area contributed by atoms with Crippen LogP contribution in [0.15, 0.2) is 36.1 Å². The number of nitrogens with one attached hydrogen (secondary N) is 1. The normalized spacial score (nSPS) is 33.1. The van der Waals surface area contributed by atoms with Gasteiger partial charge in [-0.25, -0.2) is 0 Å². The lowest BCUT2D eigenvalue weighted by molar-refractivity contribution is -0.251. The van der Waals surface area contributed by atoms with Crippen LogP contribution < -0.4 is 15.0 Å². The van der Waals surface area contributed by atoms with Gasteiger partial charge in [-0.05, 0) is 32.8 Å². The Morgan fingerprint density at radius 3 is 2.18 bits per heavy atom. The molecule has 7 aliphatic rings. The molecule has 2 saturated heterocycles. The summed E-state index contributed by atoms with van der Waals surface area (Å²) in [7, 11) is 3.15. The second-order valence-electron chi connectivity index (χ2n) is 18.0. The van der Waals surface area contributed by atoms with Crippen molar-refractivity contribution in [1.29, 1.82) is 0 Å². The molecule has 2 aromatic carbocycles. The van der Waals surface area contributed by atoms with Crippen LogP contribution in [-0.4, -0.2) is 120 Å². The van der Waals surface area contributed by atoms with E-state index >= 15 is 0 Å². The number of amides is 1. The van der Waals surface area contributed by atoms with E-state index in [-0.39, 0.29) is 68.8 Å². The molecule has 0 aliphatic carbocycles. The van der Waals surface area contributed by atoms with Crippen LogP contribution in [0.1, 0.15) is 78.2 Å². The fourth-order valence-corrected chi connectivity index (χ4v) is 9.63. The zero-order valence-electron chi connectivity index (χ0n) is 37.2. The van der Waals surface area contributed by atoms with Gasteiger partial charge in [-0.15, -0.1) is 0 Å². The predicted octanol–water partition coefficient (Wildman–Crippen LogP) is 6.41. The number of rotatable bonds is 5. The van der Waals surface area contributed by atoms with Gasteiger partial charge < -0.3 is 54.3 Å². The number of carbonyl (C=O) groups is 2. The van der Waals surface area contributed by atoms with Crippen LogP contribution in [0.25, 0.3) is 10.8 Å². The van der Waals surface area contributed by atoms with Gasteiger partial charge in [0.15, 0.2) is 5.75 Å². The minimum absolute atomic E-state index is 0.00910. The van der Waals surface area contributed by atoms with Gasteiger partial charge in [0.25, 0.3) is 11.7 Å². The number of ketones is 1. The number of nitrogens with zero attached hydrogens (tertiary/aromatic N) is 2. The van der Waals surface area contributed by atoms with Crippen molar-refractivity contribution in [1.82, 2.24) is 4.90 Å². The molecule has 9 rings (SSSR count). The zero-order chi connectivity index (χ0) is 44.2. The maximum absolute atomic E-state index is 14.6. The highest BCUT2D eigenvalue weighted by Crippen LogP contribution is 2.58. The first-order valence-corrected chi connectivity index (χ1v) is 21.1. The van der Waals surface area contributed by atoms with Crippen molar-refractivity contribution < 1.29 is 53.7 Å². The van der Waals surface area contributed by atoms with E-state index in [0.717, 1.165) is 6.54 Å². The average molecular weight is 836 g/mol. The molecule has 14 heteroatoms. The first-order valence-electron chi connectivity index (χ1n) is 21.1. The van der Waals surface area contributed by atoms with Gasteiger partial charge >= 0.3 is 5.79 Å². The molecular weight excluding hydrogens is 771 g/mol. The van der Waals surface area contributed by atoms with E-state index in [1.165, 1.54) is 20.1 Å². The molecule has 2 fully saturated rings. The third-order valence-corrected chi connectivity index (χ3v) is 13.5. The largest absolute Gasteiger partial charge is 0.507 e. The predicted molar refractivity (Wildman–Crippen MR) is 230 cm³/mol. The van der Waals surface area contributed by atoms with Crippen molar-refractivity contribution in [3.05, 3.63) is 47.3 Å². The molecule has 2 aromatic rings. The van der Waals surface area contributed by atoms with Crippen LogP contribution in [0.4, 0.5) is 11.4 Å². The average Bonchev–Trinajstić information content (AvgIpc) is 3.47. The molecule has 0 aromatic heterocycles. The lowest BCUT2D eigenvalue weighted by Crippen LogP contribution is -2.60. The summed E-state index contributed by atoms with van der Waals surface area (Å²) in [6.45, 7) is 21.9. The highest BCUT2D eigenvalue weighted by molar-refractivity contribution is 6.23. The Balaban J connectivity index is 1.50. The first-order chi connectivity index (χ1) is 28.2. The molecule has 7 aliphatic heterocycles. The lowest BCUT2D eigenvalue weighted by Gasteiger charge is -2.54. The maximum atomic E-state index is 14.6. The molecule has 0 radical (unpaired) electrons. The summed E-state index contributed by atoms with van der Waals surface area (Å²) in [5.74, 6) is -4.94. The first kappa shape index (κ1) is 45.2. The van der Waals surface area contributed by atoms with Gasteiger partial charge in [-0.3, -0.25) is 14.5 Å². The number of allylic oxidation sites excluding steroid dienone is 2. The van der Waals surface area contributed by atoms with E-state index in [4.69, 9.17) is 23.7 Å². The standard InChI is InChI=1S/C46H65N3O11/c1-23(2)22-48-17-19-49(20-18-48)35-34-38(52)32-31(39(35)53)33-42(28(7)37(32)51)60-46(10,43(33)54)58-21-15-30(56-11)25(4)40(57-12)26(5)36(50)27(6)41-29(8)45(9,59-41)16-13-14-24(3)44(55)47-34/h13-16,21,23,25-27,29-30,36,40-41,50-53H,17-20,22H2,1-12H3,(H,47,55). The number of aromatic hydroxyl groups is 3. The third-order valence-electron chi connectivity index (χ3n) is 13.5. The third kappa shape index (κ3) is 7.85. The summed E-state index contributed by atoms with van der Waals surface area (Å²) in [4.78, 5) is 32.7. The molecule has 0 spiro atoms. The Labute approximate surface area is 353 Å². The van der Waals surface area contributed by atoms with E-state index in [2.05, 4.69) is 31.0 Å². The maximum Gasteiger partial charge on any atom is 0.312 e. The number of hydrogen-bond donors (Lipinski definition) is 5. The molecule has 10 unspecified atom stereocenters. The Morgan fingerprint density at radius 2 is 1.58 bits per heavy atom. The zero-order valence-corrected chi connectivity index (χ0v) is 37.2. The van der Waals surface area contributed by atoms with E-state index in [1.54, 1.807) is 39.4 Å². The van der Waals surface area contributed by atoms with Crippen molar-refractivity contribution in [3.8, 4) is 23.0 Å². The number of phenols is 3. The minimum atomic E-state index is -1.95. The number of phenolic OH excluding ortho intramolecular Hbond substituents is 3. The summed E-state index contributed by atoms with van der Waals surface area (Å²) in [6.07, 6.45) is 6.18. The van der Waals surface area contributed by atoms with E-state index in [0.29, 0.717) is 37.7 Å². The molecule has 330 valence electrons. The van der Waals surface area contributed by atoms with Crippen LogP contribution in [0.3, 0.4) is 0 Å². The Bertz CT molecular complexity index is 2070. The summed E-state index contributed by atoms with van der Waals surface area (Å²) >= 11 is 0. The summed E-state index contributed by atoms with van der Waals surface area (Å²) in [5, 5.41) is 50.4. The molecule has 10 atom stereocenters. The Kier molecular flexibility index (Phi) is 13.0. The SMILES string of the molecule is COC1C=COC2(C)Oc3c(C)c(O)c4c(O)c(c(N5CCN(CC(C)C)CC5)c(O)c4c3C2=O)NC(=O)C(C)=CC=CC2(C)OC(C(C)C(O)C(C)C(OC)C1C)C2C. The summed E-state index contributed by atoms with van der Waals surface area (Å²) in [6, 6.07) is 0. The van der Waals surface area contributed by atoms with Crippen molar-refractivity contribution >= 4 is 33.8 Å². The van der Waals surface area contributed by atoms with Crippen molar-refractivity contribution in [2.75, 3.05) is 57.2 Å². The molecule has 0 saturated carbocycles. The molecule has 5 N–H and O–H groups in total. The van der Waals surface area contributed by atoms with Crippen LogP contribution in [-0.2, 0) is 23.7 Å². The van der Waals surface area contributed by atoms with Crippen molar-refractivity contribution in [3.63, 3.8) is 0 Å². The van der Waals surface area contributed by atoms with Crippen molar-refractivity contribution in [2.45, 2.75) is 105 Å². The smallest absolute Gasteiger partial charge is 0.312 e. The quantitative estimate of drug-likeness (QED) is 0.165. The van der Waals surface area contributed by atoms with E-state index < -0.39 is 58.6 Å². The van der Waals surface area contributed by atoms with Crippen LogP contribution in [0, 0.1) is 36.5 Å².